The minimum absolute atomic E-state index is 0.0296. The van der Waals surface area contributed by atoms with E-state index in [4.69, 9.17) is 14.3 Å². The number of oxime groups is 1. The molecule has 0 saturated carbocycles. The third kappa shape index (κ3) is 3.76. The van der Waals surface area contributed by atoms with Crippen LogP contribution in [0.3, 0.4) is 0 Å². The van der Waals surface area contributed by atoms with E-state index in [0.717, 1.165) is 65.7 Å². The molecular weight excluding hydrogens is 459 g/mol. The maximum Gasteiger partial charge on any atom is 0.234 e. The molecule has 4 heterocycles. The molecule has 0 amide bonds. The molecule has 2 aromatic carbocycles. The van der Waals surface area contributed by atoms with Gasteiger partial charge < -0.3 is 23.8 Å². The summed E-state index contributed by atoms with van der Waals surface area (Å²) in [4.78, 5) is 12.6. The summed E-state index contributed by atoms with van der Waals surface area (Å²) in [5.41, 5.74) is 3.98. The van der Waals surface area contributed by atoms with E-state index < -0.39 is 5.72 Å². The van der Waals surface area contributed by atoms with E-state index >= 15 is 0 Å². The fourth-order valence-electron chi connectivity index (χ4n) is 5.51. The Morgan fingerprint density at radius 1 is 1.17 bits per heavy atom. The topological polar surface area (TPSA) is 61.1 Å². The highest BCUT2D eigenvalue weighted by Gasteiger charge is 2.53. The third-order valence-corrected chi connectivity index (χ3v) is 7.53. The molecule has 1 aromatic heterocycles. The van der Waals surface area contributed by atoms with Gasteiger partial charge in [-0.1, -0.05) is 23.4 Å². The van der Waals surface area contributed by atoms with Gasteiger partial charge in [0.25, 0.3) is 0 Å². The van der Waals surface area contributed by atoms with Crippen molar-refractivity contribution in [2.45, 2.75) is 32.4 Å². The largest absolute Gasteiger partial charge is 0.495 e. The molecule has 2 unspecified atom stereocenters. The lowest BCUT2D eigenvalue weighted by Gasteiger charge is -2.45. The Kier molecular flexibility index (Phi) is 5.37. The molecule has 2 saturated heterocycles. The average Bonchev–Trinajstić information content (AvgIpc) is 3.60. The normalized spacial score (nSPS) is 26.3. The van der Waals surface area contributed by atoms with Crippen LogP contribution in [0, 0.1) is 18.2 Å². The van der Waals surface area contributed by atoms with Gasteiger partial charge >= 0.3 is 0 Å². The van der Waals surface area contributed by atoms with Crippen molar-refractivity contribution in [1.29, 1.82) is 0 Å². The van der Waals surface area contributed by atoms with Crippen molar-refractivity contribution in [2.75, 3.05) is 26.9 Å². The van der Waals surface area contributed by atoms with Gasteiger partial charge in [-0.2, -0.15) is 0 Å². The second kappa shape index (κ2) is 8.48. The van der Waals surface area contributed by atoms with Crippen LogP contribution in [0.2, 0.25) is 0 Å². The highest BCUT2D eigenvalue weighted by atomic mass is 19.1. The Bertz CT molecular complexity index is 1360. The maximum atomic E-state index is 13.7. The van der Waals surface area contributed by atoms with E-state index in [1.807, 2.05) is 36.7 Å². The van der Waals surface area contributed by atoms with Crippen LogP contribution in [0.25, 0.3) is 11.8 Å². The minimum Gasteiger partial charge on any atom is -0.495 e. The number of hydrogen-bond acceptors (Lipinski definition) is 6. The lowest BCUT2D eigenvalue weighted by atomic mass is 9.75. The van der Waals surface area contributed by atoms with Gasteiger partial charge in [-0.05, 0) is 61.2 Å². The summed E-state index contributed by atoms with van der Waals surface area (Å²) in [6, 6.07) is 12.6. The van der Waals surface area contributed by atoms with Gasteiger partial charge in [0.2, 0.25) is 5.72 Å². The molecule has 0 aliphatic carbocycles. The number of ether oxygens (including phenoxy) is 2. The number of methoxy groups -OCH3 is 1. The number of benzene rings is 2. The standard InChI is InChI=1S/C28H29FN4O3/c1-19-15-32(18-30-19)24-9-4-20(13-25(24)34-3)12-21-14-28(10-11-35-17-28)16-33-26(21)31-36-27(33,2)22-5-7-23(29)8-6-22/h4-9,12-13,15,18H,10-11,14,16-17H2,1-3H3. The number of halogens is 1. The second-order valence-electron chi connectivity index (χ2n) is 10.1. The van der Waals surface area contributed by atoms with Crippen LogP contribution >= 0.6 is 0 Å². The summed E-state index contributed by atoms with van der Waals surface area (Å²) in [7, 11) is 1.68. The molecule has 1 spiro atoms. The molecule has 2 atom stereocenters. The molecule has 0 radical (unpaired) electrons. The van der Waals surface area contributed by atoms with Crippen LogP contribution in [0.5, 0.6) is 5.75 Å². The number of hydrogen-bond donors (Lipinski definition) is 0. The first-order chi connectivity index (χ1) is 17.4. The highest BCUT2D eigenvalue weighted by Crippen LogP contribution is 2.48. The summed E-state index contributed by atoms with van der Waals surface area (Å²) < 4.78 is 27.2. The quantitative estimate of drug-likeness (QED) is 0.515. The molecule has 36 heavy (non-hydrogen) atoms. The summed E-state index contributed by atoms with van der Waals surface area (Å²) in [6.07, 6.45) is 7.73. The molecule has 186 valence electrons. The lowest BCUT2D eigenvalue weighted by Crippen LogP contribution is -2.53. The van der Waals surface area contributed by atoms with Crippen LogP contribution in [0.4, 0.5) is 4.39 Å². The summed E-state index contributed by atoms with van der Waals surface area (Å²) in [6.45, 7) is 6.15. The average molecular weight is 489 g/mol. The number of imidazole rings is 1. The highest BCUT2D eigenvalue weighted by molar-refractivity contribution is 6.03. The summed E-state index contributed by atoms with van der Waals surface area (Å²) in [5.74, 6) is 1.30. The first kappa shape index (κ1) is 22.8. The van der Waals surface area contributed by atoms with Crippen LogP contribution in [-0.4, -0.2) is 47.2 Å². The van der Waals surface area contributed by atoms with E-state index in [0.29, 0.717) is 6.61 Å². The van der Waals surface area contributed by atoms with E-state index in [1.54, 1.807) is 25.6 Å². The van der Waals surface area contributed by atoms with Gasteiger partial charge in [-0.3, -0.25) is 0 Å². The molecule has 0 bridgehead atoms. The number of nitrogens with zero attached hydrogens (tertiary/aromatic N) is 4. The number of amidine groups is 1. The van der Waals surface area contributed by atoms with Crippen molar-refractivity contribution in [3.8, 4) is 11.4 Å². The first-order valence-electron chi connectivity index (χ1n) is 12.2. The minimum atomic E-state index is -0.820. The summed E-state index contributed by atoms with van der Waals surface area (Å²) in [5, 5.41) is 4.55. The third-order valence-electron chi connectivity index (χ3n) is 7.53. The predicted molar refractivity (Wildman–Crippen MR) is 134 cm³/mol. The zero-order valence-corrected chi connectivity index (χ0v) is 20.7. The fourth-order valence-corrected chi connectivity index (χ4v) is 5.51. The Labute approximate surface area is 209 Å². The number of fused-ring (bicyclic) bond motifs is 1. The van der Waals surface area contributed by atoms with Crippen molar-refractivity contribution in [3.05, 3.63) is 83.2 Å². The molecule has 6 rings (SSSR count). The monoisotopic (exact) mass is 488 g/mol. The number of piperidine rings is 1. The lowest BCUT2D eigenvalue weighted by molar-refractivity contribution is -0.103. The van der Waals surface area contributed by atoms with Crippen LogP contribution in [0.1, 0.15) is 36.6 Å². The Morgan fingerprint density at radius 3 is 2.69 bits per heavy atom. The SMILES string of the molecule is COc1cc(C=C2CC3(CCOC3)CN3C2=NOC3(C)c2ccc(F)cc2)ccc1-n1cnc(C)c1. The van der Waals surface area contributed by atoms with E-state index in [-0.39, 0.29) is 11.2 Å². The number of rotatable bonds is 4. The predicted octanol–water partition coefficient (Wildman–Crippen LogP) is 5.04. The Balaban J connectivity index is 1.39. The van der Waals surface area contributed by atoms with Crippen LogP contribution in [-0.2, 0) is 15.3 Å². The van der Waals surface area contributed by atoms with Gasteiger partial charge in [0.05, 0.1) is 31.4 Å². The van der Waals surface area contributed by atoms with Gasteiger partial charge in [0.15, 0.2) is 5.84 Å². The molecule has 8 heteroatoms. The Morgan fingerprint density at radius 2 is 2.00 bits per heavy atom. The molecule has 3 aromatic rings. The van der Waals surface area contributed by atoms with Gasteiger partial charge in [0.1, 0.15) is 11.6 Å². The van der Waals surface area contributed by atoms with E-state index in [1.165, 1.54) is 12.1 Å². The Hall–Kier alpha value is -3.65. The molecule has 3 aliphatic heterocycles. The molecule has 7 nitrogen and oxygen atoms in total. The maximum absolute atomic E-state index is 13.7. The first-order valence-corrected chi connectivity index (χ1v) is 12.2. The molecule has 3 aliphatic rings. The van der Waals surface area contributed by atoms with Crippen molar-refractivity contribution in [2.24, 2.45) is 10.6 Å². The van der Waals surface area contributed by atoms with Crippen molar-refractivity contribution in [3.63, 3.8) is 0 Å². The number of aryl methyl sites for hydroxylation is 1. The van der Waals surface area contributed by atoms with E-state index in [2.05, 4.69) is 27.2 Å². The van der Waals surface area contributed by atoms with Crippen LogP contribution in [0.15, 0.2) is 65.7 Å². The smallest absolute Gasteiger partial charge is 0.234 e. The van der Waals surface area contributed by atoms with Gasteiger partial charge in [-0.25, -0.2) is 9.37 Å². The summed E-state index contributed by atoms with van der Waals surface area (Å²) >= 11 is 0. The zero-order valence-electron chi connectivity index (χ0n) is 20.7. The van der Waals surface area contributed by atoms with Gasteiger partial charge in [-0.15, -0.1) is 0 Å². The zero-order chi connectivity index (χ0) is 24.9. The van der Waals surface area contributed by atoms with Crippen molar-refractivity contribution < 1.29 is 18.7 Å². The molecular formula is C28H29FN4O3. The second-order valence-corrected chi connectivity index (χ2v) is 10.1. The number of aromatic nitrogens is 2. The van der Waals surface area contributed by atoms with E-state index in [9.17, 15) is 4.39 Å². The van der Waals surface area contributed by atoms with Crippen molar-refractivity contribution >= 4 is 11.9 Å². The molecule has 0 N–H and O–H groups in total. The fraction of sp³-hybridized carbons (Fsp3) is 0.357. The van der Waals surface area contributed by atoms with Gasteiger partial charge in [0, 0.05) is 37.3 Å². The molecule has 2 fully saturated rings. The van der Waals surface area contributed by atoms with Crippen molar-refractivity contribution in [1.82, 2.24) is 14.5 Å². The van der Waals surface area contributed by atoms with Crippen LogP contribution < -0.4 is 4.74 Å².